The first-order valence-electron chi connectivity index (χ1n) is 6.94. The molecule has 19 heavy (non-hydrogen) atoms. The first-order chi connectivity index (χ1) is 9.08. The molecule has 0 aliphatic carbocycles. The van der Waals surface area contributed by atoms with Gasteiger partial charge in [-0.25, -0.2) is 0 Å². The Hall–Kier alpha value is -1.26. The number of rotatable bonds is 3. The number of nitrogen functional groups attached to an aromatic ring is 1. The molecule has 1 unspecified atom stereocenters. The summed E-state index contributed by atoms with van der Waals surface area (Å²) >= 11 is 0. The Kier molecular flexibility index (Phi) is 4.66. The summed E-state index contributed by atoms with van der Waals surface area (Å²) < 4.78 is 5.29. The van der Waals surface area contributed by atoms with Gasteiger partial charge in [-0.1, -0.05) is 0 Å². The van der Waals surface area contributed by atoms with E-state index in [1.165, 1.54) is 18.5 Å². The third-order valence-corrected chi connectivity index (χ3v) is 3.79. The second-order valence-corrected chi connectivity index (χ2v) is 5.55. The monoisotopic (exact) mass is 263 g/mol. The molecule has 2 N–H and O–H groups in total. The molecule has 0 saturated carbocycles. The first-order valence-corrected chi connectivity index (χ1v) is 6.94. The summed E-state index contributed by atoms with van der Waals surface area (Å²) in [5, 5.41) is 0. The Morgan fingerprint density at radius 1 is 1.32 bits per heavy atom. The Labute approximate surface area is 116 Å². The first kappa shape index (κ1) is 14.2. The molecular formula is C15H25N3O. The van der Waals surface area contributed by atoms with Crippen LogP contribution in [0.4, 0.5) is 5.69 Å². The normalized spacial score (nSPS) is 22.2. The minimum atomic E-state index is 0.569. The maximum atomic E-state index is 5.92. The van der Waals surface area contributed by atoms with Crippen molar-refractivity contribution < 1.29 is 4.74 Å². The predicted molar refractivity (Wildman–Crippen MR) is 79.4 cm³/mol. The number of hydrogen-bond acceptors (Lipinski definition) is 4. The van der Waals surface area contributed by atoms with Crippen molar-refractivity contribution in [2.45, 2.75) is 25.9 Å². The van der Waals surface area contributed by atoms with Gasteiger partial charge in [-0.3, -0.25) is 4.90 Å². The number of nitrogens with two attached hydrogens (primary N) is 1. The van der Waals surface area contributed by atoms with Crippen LogP contribution in [-0.2, 0) is 6.54 Å². The van der Waals surface area contributed by atoms with Gasteiger partial charge in [-0.05, 0) is 44.6 Å². The Balaban J connectivity index is 2.09. The summed E-state index contributed by atoms with van der Waals surface area (Å²) in [6.45, 7) is 6.69. The summed E-state index contributed by atoms with van der Waals surface area (Å²) in [6.07, 6.45) is 1.22. The lowest BCUT2D eigenvalue weighted by Crippen LogP contribution is -2.37. The van der Waals surface area contributed by atoms with Crippen molar-refractivity contribution in [3.05, 3.63) is 23.8 Å². The number of hydrogen-bond donors (Lipinski definition) is 1. The van der Waals surface area contributed by atoms with Crippen LogP contribution in [0.15, 0.2) is 18.2 Å². The largest absolute Gasteiger partial charge is 0.497 e. The molecule has 1 aromatic carbocycles. The Morgan fingerprint density at radius 2 is 2.11 bits per heavy atom. The van der Waals surface area contributed by atoms with E-state index in [0.717, 1.165) is 31.1 Å². The second-order valence-electron chi connectivity index (χ2n) is 5.55. The van der Waals surface area contributed by atoms with Crippen molar-refractivity contribution in [1.82, 2.24) is 9.80 Å². The van der Waals surface area contributed by atoms with Crippen LogP contribution in [0.3, 0.4) is 0 Å². The van der Waals surface area contributed by atoms with Crippen LogP contribution in [0.1, 0.15) is 18.9 Å². The van der Waals surface area contributed by atoms with Crippen molar-refractivity contribution in [1.29, 1.82) is 0 Å². The lowest BCUT2D eigenvalue weighted by Gasteiger charge is -2.28. The molecule has 1 aliphatic heterocycles. The standard InChI is InChI=1S/C15H25N3O/c1-12-10-17(2)5-4-6-18(12)11-13-7-14(16)9-15(8-13)19-3/h7-9,12H,4-6,10-11,16H2,1-3H3. The molecule has 1 aliphatic rings. The summed E-state index contributed by atoms with van der Waals surface area (Å²) in [6, 6.07) is 6.56. The molecule has 106 valence electrons. The van der Waals surface area contributed by atoms with Crippen molar-refractivity contribution in [3.63, 3.8) is 0 Å². The van der Waals surface area contributed by atoms with Crippen molar-refractivity contribution in [3.8, 4) is 5.75 Å². The van der Waals surface area contributed by atoms with Gasteiger partial charge in [0.2, 0.25) is 0 Å². The molecule has 2 rings (SSSR count). The molecule has 1 atom stereocenters. The van der Waals surface area contributed by atoms with E-state index in [-0.39, 0.29) is 0 Å². The van der Waals surface area contributed by atoms with E-state index in [2.05, 4.69) is 29.8 Å². The third-order valence-electron chi connectivity index (χ3n) is 3.79. The maximum absolute atomic E-state index is 5.92. The van der Waals surface area contributed by atoms with Gasteiger partial charge < -0.3 is 15.4 Å². The molecule has 0 radical (unpaired) electrons. The second kappa shape index (κ2) is 6.26. The fourth-order valence-electron chi connectivity index (χ4n) is 2.79. The van der Waals surface area contributed by atoms with Crippen molar-refractivity contribution >= 4 is 5.69 Å². The van der Waals surface area contributed by atoms with Gasteiger partial charge >= 0.3 is 0 Å². The summed E-state index contributed by atoms with van der Waals surface area (Å²) in [7, 11) is 3.88. The van der Waals surface area contributed by atoms with Gasteiger partial charge in [0.25, 0.3) is 0 Å². The molecule has 1 fully saturated rings. The van der Waals surface area contributed by atoms with E-state index < -0.39 is 0 Å². The molecule has 1 saturated heterocycles. The fourth-order valence-corrected chi connectivity index (χ4v) is 2.79. The zero-order chi connectivity index (χ0) is 13.8. The van der Waals surface area contributed by atoms with Gasteiger partial charge in [0, 0.05) is 37.4 Å². The molecule has 4 nitrogen and oxygen atoms in total. The van der Waals surface area contributed by atoms with Gasteiger partial charge in [0.05, 0.1) is 7.11 Å². The molecule has 1 aromatic rings. The summed E-state index contributed by atoms with van der Waals surface area (Å²) in [4.78, 5) is 4.93. The van der Waals surface area contributed by atoms with Crippen LogP contribution >= 0.6 is 0 Å². The minimum Gasteiger partial charge on any atom is -0.497 e. The zero-order valence-electron chi connectivity index (χ0n) is 12.2. The minimum absolute atomic E-state index is 0.569. The van der Waals surface area contributed by atoms with Gasteiger partial charge in [-0.2, -0.15) is 0 Å². The number of benzene rings is 1. The average Bonchev–Trinajstić information content (AvgIpc) is 2.50. The lowest BCUT2D eigenvalue weighted by molar-refractivity contribution is 0.194. The Bertz CT molecular complexity index is 422. The fraction of sp³-hybridized carbons (Fsp3) is 0.600. The van der Waals surface area contributed by atoms with Crippen LogP contribution in [0, 0.1) is 0 Å². The summed E-state index contributed by atoms with van der Waals surface area (Å²) in [5.74, 6) is 0.842. The van der Waals surface area contributed by atoms with E-state index >= 15 is 0 Å². The number of anilines is 1. The number of nitrogens with zero attached hydrogens (tertiary/aromatic N) is 2. The van der Waals surface area contributed by atoms with Crippen molar-refractivity contribution in [2.24, 2.45) is 0 Å². The van der Waals surface area contributed by atoms with E-state index in [0.29, 0.717) is 6.04 Å². The van der Waals surface area contributed by atoms with Crippen LogP contribution in [0.2, 0.25) is 0 Å². The number of ether oxygens (including phenoxy) is 1. The van der Waals surface area contributed by atoms with E-state index in [1.54, 1.807) is 7.11 Å². The molecule has 0 aromatic heterocycles. The molecule has 0 spiro atoms. The highest BCUT2D eigenvalue weighted by molar-refractivity contribution is 5.47. The summed E-state index contributed by atoms with van der Waals surface area (Å²) in [5.41, 5.74) is 7.92. The number of likely N-dealkylation sites (N-methyl/N-ethyl adjacent to an activating group) is 1. The van der Waals surface area contributed by atoms with Crippen LogP contribution in [0.25, 0.3) is 0 Å². The smallest absolute Gasteiger partial charge is 0.121 e. The average molecular weight is 263 g/mol. The predicted octanol–water partition coefficient (Wildman–Crippen LogP) is 1.80. The van der Waals surface area contributed by atoms with Gasteiger partial charge in [0.15, 0.2) is 0 Å². The van der Waals surface area contributed by atoms with Crippen molar-refractivity contribution in [2.75, 3.05) is 39.5 Å². The maximum Gasteiger partial charge on any atom is 0.121 e. The molecule has 0 amide bonds. The molecule has 0 bridgehead atoms. The highest BCUT2D eigenvalue weighted by atomic mass is 16.5. The quantitative estimate of drug-likeness (QED) is 0.844. The van der Waals surface area contributed by atoms with E-state index in [4.69, 9.17) is 10.5 Å². The van der Waals surface area contributed by atoms with Gasteiger partial charge in [0.1, 0.15) is 5.75 Å². The van der Waals surface area contributed by atoms with Crippen LogP contribution in [0.5, 0.6) is 5.75 Å². The van der Waals surface area contributed by atoms with E-state index in [1.807, 2.05) is 12.1 Å². The van der Waals surface area contributed by atoms with Gasteiger partial charge in [-0.15, -0.1) is 0 Å². The van der Waals surface area contributed by atoms with Crippen LogP contribution < -0.4 is 10.5 Å². The third kappa shape index (κ3) is 3.85. The van der Waals surface area contributed by atoms with Crippen LogP contribution in [-0.4, -0.2) is 49.6 Å². The lowest BCUT2D eigenvalue weighted by atomic mass is 10.1. The molecule has 1 heterocycles. The Morgan fingerprint density at radius 3 is 2.84 bits per heavy atom. The zero-order valence-corrected chi connectivity index (χ0v) is 12.2. The number of methoxy groups -OCH3 is 1. The highest BCUT2D eigenvalue weighted by Crippen LogP contribution is 2.21. The highest BCUT2D eigenvalue weighted by Gasteiger charge is 2.19. The molecular weight excluding hydrogens is 238 g/mol. The van der Waals surface area contributed by atoms with E-state index in [9.17, 15) is 0 Å². The topological polar surface area (TPSA) is 41.7 Å². The SMILES string of the molecule is COc1cc(N)cc(CN2CCCN(C)CC2C)c1. The molecule has 4 heteroatoms.